The summed E-state index contributed by atoms with van der Waals surface area (Å²) in [4.78, 5) is 3.84. The number of nitrogen functional groups attached to an aromatic ring is 1. The molecule has 1 aromatic heterocycles. The van der Waals surface area contributed by atoms with Crippen LogP contribution in [0.1, 0.15) is 5.56 Å². The van der Waals surface area contributed by atoms with Crippen LogP contribution in [-0.2, 0) is 0 Å². The summed E-state index contributed by atoms with van der Waals surface area (Å²) in [5.74, 6) is -0.204. The van der Waals surface area contributed by atoms with Crippen LogP contribution in [0.25, 0.3) is 0 Å². The third-order valence-corrected chi connectivity index (χ3v) is 2.19. The number of aromatic nitrogens is 1. The number of nitrogens with one attached hydrogen (secondary N) is 1. The van der Waals surface area contributed by atoms with Gasteiger partial charge in [-0.25, -0.2) is 9.37 Å². The molecule has 5 heteroatoms. The minimum Gasteiger partial charge on any atom is -0.384 e. The summed E-state index contributed by atoms with van der Waals surface area (Å²) in [7, 11) is 0. The molecule has 0 amide bonds. The van der Waals surface area contributed by atoms with Gasteiger partial charge in [0.25, 0.3) is 0 Å². The summed E-state index contributed by atoms with van der Waals surface area (Å²) < 4.78 is 13.3. The van der Waals surface area contributed by atoms with Crippen LogP contribution in [0.5, 0.6) is 0 Å². The molecule has 0 aliphatic heterocycles. The maximum atomic E-state index is 13.3. The summed E-state index contributed by atoms with van der Waals surface area (Å²) >= 11 is 0. The maximum absolute atomic E-state index is 13.3. The van der Waals surface area contributed by atoms with Crippen molar-refractivity contribution >= 4 is 17.2 Å². The molecular weight excluding hydrogens is 219 g/mol. The molecule has 0 unspecified atom stereocenters. The topological polar surface area (TPSA) is 74.7 Å². The maximum Gasteiger partial charge on any atom is 0.143 e. The average molecular weight is 228 g/mol. The number of anilines is 3. The second-order valence-corrected chi connectivity index (χ2v) is 3.37. The van der Waals surface area contributed by atoms with Gasteiger partial charge in [0.2, 0.25) is 0 Å². The van der Waals surface area contributed by atoms with E-state index >= 15 is 0 Å². The highest BCUT2D eigenvalue weighted by atomic mass is 19.1. The average Bonchev–Trinajstić information content (AvgIpc) is 2.29. The molecule has 0 saturated carbocycles. The van der Waals surface area contributed by atoms with Gasteiger partial charge in [0, 0.05) is 18.0 Å². The monoisotopic (exact) mass is 228 g/mol. The van der Waals surface area contributed by atoms with E-state index in [1.807, 2.05) is 6.07 Å². The zero-order valence-electron chi connectivity index (χ0n) is 8.81. The number of nitrogens with two attached hydrogens (primary N) is 1. The minimum absolute atomic E-state index is 0.0251. The van der Waals surface area contributed by atoms with Crippen molar-refractivity contribution in [2.24, 2.45) is 0 Å². The van der Waals surface area contributed by atoms with Gasteiger partial charge >= 0.3 is 0 Å². The first-order chi connectivity index (χ1) is 8.20. The van der Waals surface area contributed by atoms with Gasteiger partial charge in [0.15, 0.2) is 0 Å². The third kappa shape index (κ3) is 2.32. The third-order valence-electron chi connectivity index (χ3n) is 2.19. The van der Waals surface area contributed by atoms with Crippen LogP contribution in [0.2, 0.25) is 0 Å². The molecule has 2 rings (SSSR count). The Kier molecular flexibility index (Phi) is 2.88. The normalized spacial score (nSPS) is 9.65. The van der Waals surface area contributed by atoms with E-state index in [1.54, 1.807) is 18.2 Å². The predicted molar refractivity (Wildman–Crippen MR) is 63.0 cm³/mol. The number of rotatable bonds is 2. The van der Waals surface area contributed by atoms with Crippen LogP contribution in [0, 0.1) is 17.1 Å². The second-order valence-electron chi connectivity index (χ2n) is 3.37. The molecule has 2 aromatic rings. The van der Waals surface area contributed by atoms with Crippen molar-refractivity contribution in [2.45, 2.75) is 0 Å². The molecule has 0 aliphatic rings. The number of nitrogens with zero attached hydrogens (tertiary/aromatic N) is 2. The van der Waals surface area contributed by atoms with Crippen molar-refractivity contribution in [3.8, 4) is 6.07 Å². The van der Waals surface area contributed by atoms with Crippen LogP contribution >= 0.6 is 0 Å². The molecule has 0 aliphatic carbocycles. The van der Waals surface area contributed by atoms with Gasteiger partial charge in [-0.1, -0.05) is 6.07 Å². The number of nitriles is 1. The van der Waals surface area contributed by atoms with Crippen molar-refractivity contribution in [1.29, 1.82) is 5.26 Å². The first-order valence-electron chi connectivity index (χ1n) is 4.88. The van der Waals surface area contributed by atoms with E-state index in [9.17, 15) is 4.39 Å². The molecule has 0 spiro atoms. The Labute approximate surface area is 97.5 Å². The van der Waals surface area contributed by atoms with Crippen molar-refractivity contribution in [2.75, 3.05) is 11.1 Å². The zero-order chi connectivity index (χ0) is 12.3. The van der Waals surface area contributed by atoms with E-state index in [1.165, 1.54) is 18.3 Å². The molecule has 4 nitrogen and oxygen atoms in total. The highest BCUT2D eigenvalue weighted by Crippen LogP contribution is 2.22. The molecule has 0 saturated heterocycles. The summed E-state index contributed by atoms with van der Waals surface area (Å²) in [5.41, 5.74) is 6.55. The van der Waals surface area contributed by atoms with E-state index in [2.05, 4.69) is 10.3 Å². The van der Waals surface area contributed by atoms with Gasteiger partial charge in [-0.3, -0.25) is 0 Å². The number of hydrogen-bond donors (Lipinski definition) is 2. The van der Waals surface area contributed by atoms with Crippen molar-refractivity contribution in [3.05, 3.63) is 47.9 Å². The van der Waals surface area contributed by atoms with Gasteiger partial charge in [0.1, 0.15) is 23.3 Å². The molecular formula is C12H9FN4. The van der Waals surface area contributed by atoms with E-state index in [4.69, 9.17) is 11.0 Å². The fourth-order valence-corrected chi connectivity index (χ4v) is 1.42. The van der Waals surface area contributed by atoms with Gasteiger partial charge in [-0.05, 0) is 18.2 Å². The fourth-order valence-electron chi connectivity index (χ4n) is 1.42. The Morgan fingerprint density at radius 2 is 2.18 bits per heavy atom. The molecule has 1 heterocycles. The number of pyridine rings is 1. The first kappa shape index (κ1) is 10.9. The molecule has 84 valence electrons. The summed E-state index contributed by atoms with van der Waals surface area (Å²) in [6.45, 7) is 0. The lowest BCUT2D eigenvalue weighted by Gasteiger charge is -2.08. The molecule has 17 heavy (non-hydrogen) atoms. The number of hydrogen-bond acceptors (Lipinski definition) is 4. The number of halogens is 1. The fraction of sp³-hybridized carbons (Fsp3) is 0. The minimum atomic E-state index is -0.556. The molecule has 3 N–H and O–H groups in total. The van der Waals surface area contributed by atoms with Gasteiger partial charge in [-0.15, -0.1) is 0 Å². The van der Waals surface area contributed by atoms with Crippen LogP contribution in [0.3, 0.4) is 0 Å². The largest absolute Gasteiger partial charge is 0.384 e. The van der Waals surface area contributed by atoms with Crippen LogP contribution in [0.15, 0.2) is 36.5 Å². The molecule has 0 atom stereocenters. The van der Waals surface area contributed by atoms with Gasteiger partial charge < -0.3 is 11.1 Å². The lowest BCUT2D eigenvalue weighted by atomic mass is 10.2. The Hall–Kier alpha value is -2.61. The van der Waals surface area contributed by atoms with Crippen molar-refractivity contribution < 1.29 is 4.39 Å². The lowest BCUT2D eigenvalue weighted by molar-refractivity contribution is 0.624. The first-order valence-corrected chi connectivity index (χ1v) is 4.88. The predicted octanol–water partition coefficient (Wildman–Crippen LogP) is 2.42. The molecule has 0 radical (unpaired) electrons. The van der Waals surface area contributed by atoms with Gasteiger partial charge in [0.05, 0.1) is 5.69 Å². The highest BCUT2D eigenvalue weighted by Gasteiger charge is 2.07. The Balaban J connectivity index is 2.37. The van der Waals surface area contributed by atoms with E-state index < -0.39 is 5.82 Å². The molecule has 0 fully saturated rings. The van der Waals surface area contributed by atoms with Crippen LogP contribution in [-0.4, -0.2) is 4.98 Å². The standard InChI is InChI=1S/C12H9FN4/c13-10-2-1-3-11(9(10)7-14)17-8-4-5-16-12(15)6-8/h1-6H,(H3,15,16,17). The molecule has 0 bridgehead atoms. The summed E-state index contributed by atoms with van der Waals surface area (Å²) in [5, 5.41) is 11.8. The second kappa shape index (κ2) is 4.49. The van der Waals surface area contributed by atoms with Crippen molar-refractivity contribution in [3.63, 3.8) is 0 Å². The molecule has 1 aromatic carbocycles. The van der Waals surface area contributed by atoms with E-state index in [-0.39, 0.29) is 5.56 Å². The highest BCUT2D eigenvalue weighted by molar-refractivity contribution is 5.67. The lowest BCUT2D eigenvalue weighted by Crippen LogP contribution is -1.97. The Morgan fingerprint density at radius 3 is 2.88 bits per heavy atom. The Bertz CT molecular complexity index is 589. The SMILES string of the molecule is N#Cc1c(F)cccc1Nc1ccnc(N)c1. The van der Waals surface area contributed by atoms with Gasteiger partial charge in [-0.2, -0.15) is 5.26 Å². The van der Waals surface area contributed by atoms with E-state index in [0.29, 0.717) is 17.2 Å². The number of benzene rings is 1. The Morgan fingerprint density at radius 1 is 1.35 bits per heavy atom. The quantitative estimate of drug-likeness (QED) is 0.827. The van der Waals surface area contributed by atoms with E-state index in [0.717, 1.165) is 0 Å². The summed E-state index contributed by atoms with van der Waals surface area (Å²) in [6.07, 6.45) is 1.53. The zero-order valence-corrected chi connectivity index (χ0v) is 8.81. The van der Waals surface area contributed by atoms with Crippen LogP contribution in [0.4, 0.5) is 21.6 Å². The van der Waals surface area contributed by atoms with Crippen molar-refractivity contribution in [1.82, 2.24) is 4.98 Å². The summed E-state index contributed by atoms with van der Waals surface area (Å²) in [6, 6.07) is 9.50. The smallest absolute Gasteiger partial charge is 0.143 e. The van der Waals surface area contributed by atoms with Crippen LogP contribution < -0.4 is 11.1 Å².